The number of hydrogen-bond acceptors (Lipinski definition) is 8. The van der Waals surface area contributed by atoms with E-state index in [2.05, 4.69) is 10.6 Å². The van der Waals surface area contributed by atoms with Crippen molar-refractivity contribution in [3.8, 4) is 0 Å². The first-order chi connectivity index (χ1) is 23.5. The molecule has 0 aliphatic carbocycles. The monoisotopic (exact) mass is 688 g/mol. The third kappa shape index (κ3) is 23.2. The average molecular weight is 689 g/mol. The number of aliphatic hydroxyl groups excluding tert-OH is 4. The van der Waals surface area contributed by atoms with Crippen molar-refractivity contribution in [3.63, 3.8) is 0 Å². The zero-order chi connectivity index (χ0) is 36.3. The standard InChI is InChI=1S/C30H48N2O9.C7H8O/c33-21-28(37)32-24(16-18-26(35)30(40)41)15-17-25(34)20-31-27(36)19-23-13-11-22(12-14-23)9-7-5-3-1-2-4-6-8-10-29(38)39;8-6-7-4-2-1-3-5-7/h11-14,24-26,33-35H,1-10,15-21H2,(H,31,36)(H,32,37)(H,38,39)(H,40,41);1-5,8H,6H2. The molecule has 0 fully saturated rings. The maximum Gasteiger partial charge on any atom is 0.332 e. The lowest BCUT2D eigenvalue weighted by Gasteiger charge is -2.21. The van der Waals surface area contributed by atoms with Crippen LogP contribution in [-0.4, -0.2) is 85.8 Å². The lowest BCUT2D eigenvalue weighted by molar-refractivity contribution is -0.147. The molecule has 0 aliphatic heterocycles. The fourth-order valence-corrected chi connectivity index (χ4v) is 5.09. The van der Waals surface area contributed by atoms with Crippen molar-refractivity contribution in [2.75, 3.05) is 13.2 Å². The number of amides is 2. The molecule has 2 aromatic carbocycles. The number of aryl methyl sites for hydroxylation is 1. The lowest BCUT2D eigenvalue weighted by atomic mass is 10.0. The van der Waals surface area contributed by atoms with Crippen LogP contribution in [-0.2, 0) is 38.6 Å². The molecule has 0 saturated carbocycles. The summed E-state index contributed by atoms with van der Waals surface area (Å²) in [6, 6.07) is 16.9. The summed E-state index contributed by atoms with van der Waals surface area (Å²) >= 11 is 0. The minimum Gasteiger partial charge on any atom is -0.481 e. The number of hydrogen-bond donors (Lipinski definition) is 8. The number of carbonyl (C=O) groups excluding carboxylic acids is 2. The van der Waals surface area contributed by atoms with Crippen LogP contribution in [0, 0.1) is 0 Å². The molecule has 0 spiro atoms. The molecular weight excluding hydrogens is 632 g/mol. The fourth-order valence-electron chi connectivity index (χ4n) is 5.09. The summed E-state index contributed by atoms with van der Waals surface area (Å²) in [5.74, 6) is -2.94. The van der Waals surface area contributed by atoms with Gasteiger partial charge in [0.1, 0.15) is 6.61 Å². The van der Waals surface area contributed by atoms with E-state index in [1.54, 1.807) is 0 Å². The molecule has 2 aromatic rings. The quantitative estimate of drug-likeness (QED) is 0.0711. The number of unbranched alkanes of at least 4 members (excludes halogenated alkanes) is 7. The highest BCUT2D eigenvalue weighted by Gasteiger charge is 2.19. The minimum atomic E-state index is -1.56. The van der Waals surface area contributed by atoms with Gasteiger partial charge in [0.05, 0.1) is 19.1 Å². The van der Waals surface area contributed by atoms with Gasteiger partial charge in [-0.1, -0.05) is 93.1 Å². The van der Waals surface area contributed by atoms with E-state index >= 15 is 0 Å². The largest absolute Gasteiger partial charge is 0.481 e. The van der Waals surface area contributed by atoms with E-state index in [0.717, 1.165) is 56.1 Å². The van der Waals surface area contributed by atoms with E-state index in [4.69, 9.17) is 20.4 Å². The van der Waals surface area contributed by atoms with Gasteiger partial charge in [0.15, 0.2) is 6.10 Å². The molecule has 2 rings (SSSR count). The van der Waals surface area contributed by atoms with Crippen molar-refractivity contribution in [1.82, 2.24) is 10.6 Å². The van der Waals surface area contributed by atoms with E-state index < -0.39 is 42.7 Å². The number of carboxylic acids is 2. The van der Waals surface area contributed by atoms with Gasteiger partial charge in [-0.3, -0.25) is 14.4 Å². The van der Waals surface area contributed by atoms with Gasteiger partial charge < -0.3 is 41.3 Å². The van der Waals surface area contributed by atoms with Gasteiger partial charge in [-0.2, -0.15) is 0 Å². The molecule has 0 aliphatic rings. The second-order valence-electron chi connectivity index (χ2n) is 12.2. The number of nitrogens with one attached hydrogen (secondary N) is 2. The number of carbonyl (C=O) groups is 4. The number of benzene rings is 2. The summed E-state index contributed by atoms with van der Waals surface area (Å²) in [7, 11) is 0. The number of aliphatic hydroxyl groups is 4. The van der Waals surface area contributed by atoms with Crippen molar-refractivity contribution in [3.05, 3.63) is 71.3 Å². The molecule has 3 atom stereocenters. The van der Waals surface area contributed by atoms with E-state index in [0.29, 0.717) is 0 Å². The van der Waals surface area contributed by atoms with Crippen molar-refractivity contribution >= 4 is 23.8 Å². The molecule has 0 saturated heterocycles. The molecule has 3 unspecified atom stereocenters. The topological polar surface area (TPSA) is 214 Å². The van der Waals surface area contributed by atoms with Crippen molar-refractivity contribution in [2.45, 2.75) is 121 Å². The van der Waals surface area contributed by atoms with Crippen LogP contribution < -0.4 is 10.6 Å². The highest BCUT2D eigenvalue weighted by Crippen LogP contribution is 2.14. The summed E-state index contributed by atoms with van der Waals surface area (Å²) in [5, 5.41) is 59.9. The minimum absolute atomic E-state index is 0.0255. The lowest BCUT2D eigenvalue weighted by Crippen LogP contribution is -2.39. The van der Waals surface area contributed by atoms with Crippen LogP contribution in [0.3, 0.4) is 0 Å². The molecule has 12 nitrogen and oxygen atoms in total. The molecule has 274 valence electrons. The Hall–Kier alpha value is -3.84. The Bertz CT molecular complexity index is 1190. The Morgan fingerprint density at radius 2 is 1.20 bits per heavy atom. The average Bonchev–Trinajstić information content (AvgIpc) is 3.10. The Kier molecular flexibility index (Phi) is 23.8. The summed E-state index contributed by atoms with van der Waals surface area (Å²) < 4.78 is 0. The van der Waals surface area contributed by atoms with Crippen LogP contribution in [0.4, 0.5) is 0 Å². The van der Waals surface area contributed by atoms with Crippen LogP contribution in [0.1, 0.15) is 100 Å². The molecule has 0 aromatic heterocycles. The molecule has 0 bridgehead atoms. The van der Waals surface area contributed by atoms with E-state index in [-0.39, 0.29) is 57.6 Å². The molecular formula is C37H56N2O10. The van der Waals surface area contributed by atoms with E-state index in [9.17, 15) is 29.4 Å². The highest BCUT2D eigenvalue weighted by molar-refractivity contribution is 5.78. The molecule has 8 N–H and O–H groups in total. The maximum absolute atomic E-state index is 12.3. The van der Waals surface area contributed by atoms with Gasteiger partial charge in [-0.25, -0.2) is 4.79 Å². The first-order valence-corrected chi connectivity index (χ1v) is 17.2. The Morgan fingerprint density at radius 1 is 0.633 bits per heavy atom. The van der Waals surface area contributed by atoms with Crippen molar-refractivity contribution in [2.24, 2.45) is 0 Å². The first-order valence-electron chi connectivity index (χ1n) is 17.2. The predicted molar refractivity (Wildman–Crippen MR) is 186 cm³/mol. The second kappa shape index (κ2) is 27.0. The summed E-state index contributed by atoms with van der Waals surface area (Å²) in [6.07, 6.45) is 8.14. The maximum atomic E-state index is 12.3. The van der Waals surface area contributed by atoms with Crippen LogP contribution in [0.25, 0.3) is 0 Å². The normalized spacial score (nSPS) is 12.6. The summed E-state index contributed by atoms with van der Waals surface area (Å²) in [5.41, 5.74) is 3.05. The van der Waals surface area contributed by atoms with E-state index in [1.807, 2.05) is 54.6 Å². The van der Waals surface area contributed by atoms with E-state index in [1.165, 1.54) is 18.4 Å². The molecule has 12 heteroatoms. The zero-order valence-corrected chi connectivity index (χ0v) is 28.5. The van der Waals surface area contributed by atoms with Crippen LogP contribution in [0.5, 0.6) is 0 Å². The third-order valence-electron chi connectivity index (χ3n) is 7.98. The number of aliphatic carboxylic acids is 2. The Morgan fingerprint density at radius 3 is 1.76 bits per heavy atom. The van der Waals surface area contributed by atoms with Crippen LogP contribution in [0.2, 0.25) is 0 Å². The summed E-state index contributed by atoms with van der Waals surface area (Å²) in [6.45, 7) is -0.560. The van der Waals surface area contributed by atoms with Gasteiger partial charge in [0, 0.05) is 19.0 Å². The van der Waals surface area contributed by atoms with Gasteiger partial charge in [-0.15, -0.1) is 0 Å². The predicted octanol–water partition coefficient (Wildman–Crippen LogP) is 3.51. The van der Waals surface area contributed by atoms with Gasteiger partial charge in [-0.05, 0) is 61.6 Å². The summed E-state index contributed by atoms with van der Waals surface area (Å²) in [4.78, 5) is 45.2. The molecule has 49 heavy (non-hydrogen) atoms. The highest BCUT2D eigenvalue weighted by atomic mass is 16.4. The van der Waals surface area contributed by atoms with Crippen LogP contribution >= 0.6 is 0 Å². The number of rotatable bonds is 25. The van der Waals surface area contributed by atoms with Crippen molar-refractivity contribution in [1.29, 1.82) is 0 Å². The van der Waals surface area contributed by atoms with Gasteiger partial charge >= 0.3 is 11.9 Å². The van der Waals surface area contributed by atoms with Gasteiger partial charge in [0.25, 0.3) is 0 Å². The van der Waals surface area contributed by atoms with Crippen molar-refractivity contribution < 1.29 is 49.8 Å². The third-order valence-corrected chi connectivity index (χ3v) is 7.98. The molecule has 2 amide bonds. The second-order valence-corrected chi connectivity index (χ2v) is 12.2. The van der Waals surface area contributed by atoms with Gasteiger partial charge in [0.2, 0.25) is 11.8 Å². The first kappa shape index (κ1) is 43.2. The fraction of sp³-hybridized carbons (Fsp3) is 0.568. The Balaban J connectivity index is 0.00000130. The molecule has 0 radical (unpaired) electrons. The van der Waals surface area contributed by atoms with Crippen LogP contribution in [0.15, 0.2) is 54.6 Å². The molecule has 0 heterocycles. The SMILES string of the molecule is O=C(O)CCCCCCCCCCc1ccc(CC(=O)NCC(O)CCC(CCC(O)C(=O)O)NC(=O)CO)cc1.OCc1ccccc1. The smallest absolute Gasteiger partial charge is 0.332 e. The number of carboxylic acid groups (broad SMARTS) is 2. The Labute approximate surface area is 289 Å². The zero-order valence-electron chi connectivity index (χ0n) is 28.5.